The third-order valence-electron chi connectivity index (χ3n) is 2.76. The number of nitrogens with two attached hydrogens (primary N) is 1. The Bertz CT molecular complexity index is 402. The van der Waals surface area contributed by atoms with Crippen molar-refractivity contribution in [2.45, 2.75) is 31.9 Å². The second kappa shape index (κ2) is 5.77. The van der Waals surface area contributed by atoms with Gasteiger partial charge in [-0.15, -0.1) is 0 Å². The molecule has 0 rings (SSSR count). The molecule has 5 nitrogen and oxygen atoms in total. The highest BCUT2D eigenvalue weighted by molar-refractivity contribution is 7.92. The van der Waals surface area contributed by atoms with Crippen LogP contribution in [0.2, 0.25) is 0 Å². The van der Waals surface area contributed by atoms with Gasteiger partial charge < -0.3 is 11.1 Å². The molecule has 0 aliphatic carbocycles. The molecule has 0 aliphatic heterocycles. The molecule has 7 heteroatoms. The molecule has 0 radical (unpaired) electrons. The Kier molecular flexibility index (Phi) is 5.54. The van der Waals surface area contributed by atoms with Crippen LogP contribution in [0, 0.1) is 5.92 Å². The molecule has 0 aromatic rings. The fourth-order valence-electron chi connectivity index (χ4n) is 1.07. The Morgan fingerprint density at radius 3 is 2.24 bits per heavy atom. The SMILES string of the molecule is CCC(C(=O)NCC(C)(C)S(C)(=O)=O)C(N)=S. The Morgan fingerprint density at radius 2 is 1.94 bits per heavy atom. The van der Waals surface area contributed by atoms with Crippen LogP contribution in [0.25, 0.3) is 0 Å². The van der Waals surface area contributed by atoms with Crippen LogP contribution < -0.4 is 11.1 Å². The van der Waals surface area contributed by atoms with Crippen LogP contribution in [-0.2, 0) is 14.6 Å². The van der Waals surface area contributed by atoms with Gasteiger partial charge in [-0.3, -0.25) is 4.79 Å². The van der Waals surface area contributed by atoms with Crippen LogP contribution in [-0.4, -0.2) is 36.9 Å². The summed E-state index contributed by atoms with van der Waals surface area (Å²) < 4.78 is 21.9. The molecule has 0 aromatic heterocycles. The summed E-state index contributed by atoms with van der Waals surface area (Å²) in [6.07, 6.45) is 1.64. The second-order valence-electron chi connectivity index (χ2n) is 4.61. The van der Waals surface area contributed by atoms with Gasteiger partial charge in [0, 0.05) is 12.8 Å². The van der Waals surface area contributed by atoms with E-state index in [1.165, 1.54) is 0 Å². The molecular weight excluding hydrogens is 260 g/mol. The standard InChI is InChI=1S/C10H20N2O3S2/c1-5-7(8(11)16)9(13)12-6-10(2,3)17(4,14)15/h7H,5-6H2,1-4H3,(H2,11,16)(H,12,13). The van der Waals surface area contributed by atoms with Gasteiger partial charge in [-0.2, -0.15) is 0 Å². The first kappa shape index (κ1) is 16.3. The monoisotopic (exact) mass is 280 g/mol. The fraction of sp³-hybridized carbons (Fsp3) is 0.800. The van der Waals surface area contributed by atoms with Gasteiger partial charge in [-0.05, 0) is 20.3 Å². The average Bonchev–Trinajstić information content (AvgIpc) is 2.13. The fourth-order valence-corrected chi connectivity index (χ4v) is 1.68. The highest BCUT2D eigenvalue weighted by atomic mass is 32.2. The maximum Gasteiger partial charge on any atom is 0.229 e. The predicted molar refractivity (Wildman–Crippen MR) is 72.5 cm³/mol. The molecule has 17 heavy (non-hydrogen) atoms. The molecule has 100 valence electrons. The Morgan fingerprint density at radius 1 is 1.47 bits per heavy atom. The van der Waals surface area contributed by atoms with E-state index in [1.807, 2.05) is 0 Å². The van der Waals surface area contributed by atoms with E-state index in [4.69, 9.17) is 18.0 Å². The first-order valence-electron chi connectivity index (χ1n) is 5.29. The summed E-state index contributed by atoms with van der Waals surface area (Å²) in [4.78, 5) is 11.8. The van der Waals surface area contributed by atoms with Crippen molar-refractivity contribution in [2.24, 2.45) is 11.7 Å². The van der Waals surface area contributed by atoms with Gasteiger partial charge in [0.15, 0.2) is 9.84 Å². The summed E-state index contributed by atoms with van der Waals surface area (Å²) in [6.45, 7) is 4.96. The first-order chi connectivity index (χ1) is 7.53. The minimum absolute atomic E-state index is 0.0454. The zero-order valence-corrected chi connectivity index (χ0v) is 12.2. The Labute approximate surface area is 108 Å². The van der Waals surface area contributed by atoms with Crippen molar-refractivity contribution in [2.75, 3.05) is 12.8 Å². The first-order valence-corrected chi connectivity index (χ1v) is 7.59. The van der Waals surface area contributed by atoms with Crippen LogP contribution in [0.1, 0.15) is 27.2 Å². The van der Waals surface area contributed by atoms with Crippen molar-refractivity contribution in [3.8, 4) is 0 Å². The van der Waals surface area contributed by atoms with E-state index in [9.17, 15) is 13.2 Å². The van der Waals surface area contributed by atoms with E-state index in [0.717, 1.165) is 6.26 Å². The topological polar surface area (TPSA) is 89.3 Å². The van der Waals surface area contributed by atoms with Gasteiger partial charge in [-0.25, -0.2) is 8.42 Å². The van der Waals surface area contributed by atoms with E-state index in [0.29, 0.717) is 6.42 Å². The minimum Gasteiger partial charge on any atom is -0.393 e. The number of thiocarbonyl (C=S) groups is 1. The quantitative estimate of drug-likeness (QED) is 0.680. The summed E-state index contributed by atoms with van der Waals surface area (Å²) in [5, 5.41) is 2.58. The highest BCUT2D eigenvalue weighted by Crippen LogP contribution is 2.14. The van der Waals surface area contributed by atoms with Gasteiger partial charge in [0.1, 0.15) is 0 Å². The van der Waals surface area contributed by atoms with Crippen LogP contribution in [0.3, 0.4) is 0 Å². The maximum absolute atomic E-state index is 11.7. The molecule has 3 N–H and O–H groups in total. The predicted octanol–water partition coefficient (Wildman–Crippen LogP) is 0.238. The molecular formula is C10H20N2O3S2. The lowest BCUT2D eigenvalue weighted by atomic mass is 10.1. The second-order valence-corrected chi connectivity index (χ2v) is 7.73. The minimum atomic E-state index is -3.23. The number of hydrogen-bond donors (Lipinski definition) is 2. The maximum atomic E-state index is 11.7. The molecule has 0 bridgehead atoms. The average molecular weight is 280 g/mol. The van der Waals surface area contributed by atoms with E-state index >= 15 is 0 Å². The lowest BCUT2D eigenvalue weighted by molar-refractivity contribution is -0.123. The molecule has 0 heterocycles. The van der Waals surface area contributed by atoms with Crippen molar-refractivity contribution >= 4 is 33.0 Å². The van der Waals surface area contributed by atoms with Crippen molar-refractivity contribution < 1.29 is 13.2 Å². The van der Waals surface area contributed by atoms with Crippen LogP contribution in [0.5, 0.6) is 0 Å². The summed E-state index contributed by atoms with van der Waals surface area (Å²) in [5.41, 5.74) is 5.43. The third kappa shape index (κ3) is 4.59. The molecule has 1 atom stereocenters. The summed E-state index contributed by atoms with van der Waals surface area (Å²) in [7, 11) is -3.23. The van der Waals surface area contributed by atoms with Gasteiger partial charge in [-0.1, -0.05) is 19.1 Å². The molecule has 1 unspecified atom stereocenters. The molecule has 0 aromatic carbocycles. The van der Waals surface area contributed by atoms with Gasteiger partial charge in [0.25, 0.3) is 0 Å². The summed E-state index contributed by atoms with van der Waals surface area (Å²) >= 11 is 4.77. The Balaban J connectivity index is 4.59. The van der Waals surface area contributed by atoms with Crippen molar-refractivity contribution in [1.82, 2.24) is 5.32 Å². The lowest BCUT2D eigenvalue weighted by Gasteiger charge is -2.24. The zero-order valence-electron chi connectivity index (χ0n) is 10.6. The van der Waals surface area contributed by atoms with Crippen LogP contribution in [0.15, 0.2) is 0 Å². The number of sulfone groups is 1. The van der Waals surface area contributed by atoms with Crippen LogP contribution in [0.4, 0.5) is 0 Å². The lowest BCUT2D eigenvalue weighted by Crippen LogP contribution is -2.47. The zero-order chi connectivity index (χ0) is 13.9. The molecule has 0 saturated heterocycles. The van der Waals surface area contributed by atoms with Crippen molar-refractivity contribution in [3.63, 3.8) is 0 Å². The molecule has 1 amide bonds. The Hall–Kier alpha value is -0.690. The number of rotatable bonds is 6. The van der Waals surface area contributed by atoms with Crippen molar-refractivity contribution in [1.29, 1.82) is 0 Å². The highest BCUT2D eigenvalue weighted by Gasteiger charge is 2.31. The van der Waals surface area contributed by atoms with E-state index in [1.54, 1.807) is 20.8 Å². The number of hydrogen-bond acceptors (Lipinski definition) is 4. The van der Waals surface area contributed by atoms with E-state index < -0.39 is 20.5 Å². The number of amides is 1. The van der Waals surface area contributed by atoms with Crippen molar-refractivity contribution in [3.05, 3.63) is 0 Å². The normalized spacial score (nSPS) is 14.1. The van der Waals surface area contributed by atoms with Gasteiger partial charge in [0.2, 0.25) is 5.91 Å². The number of carbonyl (C=O) groups is 1. The van der Waals surface area contributed by atoms with E-state index in [2.05, 4.69) is 5.32 Å². The smallest absolute Gasteiger partial charge is 0.229 e. The third-order valence-corrected chi connectivity index (χ3v) is 5.20. The molecule has 0 fully saturated rings. The molecule has 0 saturated carbocycles. The molecule has 0 aliphatic rings. The number of nitrogens with one attached hydrogen (secondary N) is 1. The van der Waals surface area contributed by atoms with Gasteiger partial charge >= 0.3 is 0 Å². The van der Waals surface area contributed by atoms with Gasteiger partial charge in [0.05, 0.1) is 15.7 Å². The largest absolute Gasteiger partial charge is 0.393 e. The van der Waals surface area contributed by atoms with E-state index in [-0.39, 0.29) is 17.4 Å². The summed E-state index contributed by atoms with van der Waals surface area (Å²) in [6, 6.07) is 0. The summed E-state index contributed by atoms with van der Waals surface area (Å²) in [5.74, 6) is -0.864. The number of carbonyl (C=O) groups excluding carboxylic acids is 1. The molecule has 0 spiro atoms. The van der Waals surface area contributed by atoms with Crippen LogP contribution >= 0.6 is 12.2 Å².